The second-order valence-corrected chi connectivity index (χ2v) is 4.61. The first kappa shape index (κ1) is 14.7. The zero-order valence-electron chi connectivity index (χ0n) is 12.3. The molecule has 110 valence electrons. The van der Waals surface area contributed by atoms with Crippen LogP contribution in [0, 0.1) is 6.92 Å². The Balaban J connectivity index is 2.32. The van der Waals surface area contributed by atoms with Crippen LogP contribution >= 0.6 is 0 Å². The van der Waals surface area contributed by atoms with Gasteiger partial charge >= 0.3 is 0 Å². The summed E-state index contributed by atoms with van der Waals surface area (Å²) >= 11 is 0. The number of methoxy groups -OCH3 is 2. The molecule has 0 atom stereocenters. The van der Waals surface area contributed by atoms with Crippen molar-refractivity contribution < 1.29 is 14.3 Å². The molecule has 0 saturated carbocycles. The molecule has 0 bridgehead atoms. The number of rotatable bonds is 4. The molecule has 0 spiro atoms. The normalized spacial score (nSPS) is 10.0. The maximum atomic E-state index is 12.4. The second kappa shape index (κ2) is 6.17. The Bertz CT molecular complexity index is 651. The number of aryl methyl sites for hydroxylation is 1. The lowest BCUT2D eigenvalue weighted by Crippen LogP contribution is -2.14. The average Bonchev–Trinajstić information content (AvgIpc) is 2.49. The smallest absolute Gasteiger partial charge is 0.258 e. The molecule has 0 unspecified atom stereocenters. The van der Waals surface area contributed by atoms with Crippen LogP contribution in [0.4, 0.5) is 11.4 Å². The maximum Gasteiger partial charge on any atom is 0.258 e. The van der Waals surface area contributed by atoms with Crippen molar-refractivity contribution in [2.24, 2.45) is 0 Å². The van der Waals surface area contributed by atoms with E-state index in [1.54, 1.807) is 12.1 Å². The number of nitrogen functional groups attached to an aromatic ring is 1. The van der Waals surface area contributed by atoms with Gasteiger partial charge in [0.1, 0.15) is 11.5 Å². The van der Waals surface area contributed by atoms with E-state index >= 15 is 0 Å². The molecule has 0 radical (unpaired) electrons. The van der Waals surface area contributed by atoms with Crippen LogP contribution in [-0.4, -0.2) is 20.1 Å². The van der Waals surface area contributed by atoms with Crippen LogP contribution in [0.25, 0.3) is 0 Å². The number of hydrogen-bond acceptors (Lipinski definition) is 4. The highest BCUT2D eigenvalue weighted by Gasteiger charge is 2.16. The first-order valence-electron chi connectivity index (χ1n) is 6.44. The fourth-order valence-corrected chi connectivity index (χ4v) is 1.91. The number of carbonyl (C=O) groups is 1. The van der Waals surface area contributed by atoms with Gasteiger partial charge in [0.25, 0.3) is 5.91 Å². The lowest BCUT2D eigenvalue weighted by molar-refractivity contribution is 0.102. The van der Waals surface area contributed by atoms with Crippen LogP contribution in [0.2, 0.25) is 0 Å². The van der Waals surface area contributed by atoms with Crippen molar-refractivity contribution in [1.82, 2.24) is 0 Å². The number of carbonyl (C=O) groups excluding carboxylic acids is 1. The molecule has 0 fully saturated rings. The predicted octanol–water partition coefficient (Wildman–Crippen LogP) is 2.85. The fraction of sp³-hybridized carbons (Fsp3) is 0.188. The number of nitrogens with one attached hydrogen (secondary N) is 1. The topological polar surface area (TPSA) is 73.6 Å². The summed E-state index contributed by atoms with van der Waals surface area (Å²) in [5, 5.41) is 2.80. The van der Waals surface area contributed by atoms with Gasteiger partial charge in [0.05, 0.1) is 25.5 Å². The Hall–Kier alpha value is -2.69. The van der Waals surface area contributed by atoms with Crippen molar-refractivity contribution in [3.8, 4) is 11.5 Å². The number of nitrogens with two attached hydrogens (primary N) is 1. The number of benzene rings is 2. The van der Waals surface area contributed by atoms with Crippen molar-refractivity contribution in [2.45, 2.75) is 6.92 Å². The highest BCUT2D eigenvalue weighted by Crippen LogP contribution is 2.31. The van der Waals surface area contributed by atoms with E-state index in [0.717, 1.165) is 5.56 Å². The first-order chi connectivity index (χ1) is 10.0. The minimum atomic E-state index is -0.312. The number of anilines is 2. The van der Waals surface area contributed by atoms with Crippen LogP contribution in [0.15, 0.2) is 36.4 Å². The molecular weight excluding hydrogens is 268 g/mol. The number of amides is 1. The van der Waals surface area contributed by atoms with Gasteiger partial charge in [0.15, 0.2) is 0 Å². The molecular formula is C16H18N2O3. The summed E-state index contributed by atoms with van der Waals surface area (Å²) in [5.41, 5.74) is 8.37. The van der Waals surface area contributed by atoms with Crippen LogP contribution in [0.3, 0.4) is 0 Å². The van der Waals surface area contributed by atoms with Gasteiger partial charge in [-0.1, -0.05) is 17.7 Å². The maximum absolute atomic E-state index is 12.4. The lowest BCUT2D eigenvalue weighted by atomic mass is 10.1. The van der Waals surface area contributed by atoms with Crippen LogP contribution in [0.5, 0.6) is 11.5 Å². The predicted molar refractivity (Wildman–Crippen MR) is 83.1 cm³/mol. The highest BCUT2D eigenvalue weighted by atomic mass is 16.5. The summed E-state index contributed by atoms with van der Waals surface area (Å²) in [7, 11) is 3.01. The molecule has 1 amide bonds. The van der Waals surface area contributed by atoms with Crippen molar-refractivity contribution in [3.05, 3.63) is 47.5 Å². The van der Waals surface area contributed by atoms with E-state index in [1.165, 1.54) is 14.2 Å². The van der Waals surface area contributed by atoms with Crippen LogP contribution < -0.4 is 20.5 Å². The molecule has 2 rings (SSSR count). The van der Waals surface area contributed by atoms with E-state index in [2.05, 4.69) is 5.32 Å². The summed E-state index contributed by atoms with van der Waals surface area (Å²) < 4.78 is 10.3. The summed E-state index contributed by atoms with van der Waals surface area (Å²) in [6, 6.07) is 10.7. The molecule has 3 N–H and O–H groups in total. The van der Waals surface area contributed by atoms with E-state index in [0.29, 0.717) is 22.7 Å². The van der Waals surface area contributed by atoms with Gasteiger partial charge in [-0.25, -0.2) is 0 Å². The molecule has 5 heteroatoms. The van der Waals surface area contributed by atoms with E-state index in [1.807, 2.05) is 31.2 Å². The van der Waals surface area contributed by atoms with Gasteiger partial charge in [-0.15, -0.1) is 0 Å². The van der Waals surface area contributed by atoms with Gasteiger partial charge in [0.2, 0.25) is 0 Å². The third-order valence-electron chi connectivity index (χ3n) is 3.13. The quantitative estimate of drug-likeness (QED) is 0.848. The average molecular weight is 286 g/mol. The molecule has 2 aromatic carbocycles. The Morgan fingerprint density at radius 3 is 2.33 bits per heavy atom. The zero-order chi connectivity index (χ0) is 15.4. The van der Waals surface area contributed by atoms with E-state index in [4.69, 9.17) is 15.2 Å². The van der Waals surface area contributed by atoms with E-state index in [-0.39, 0.29) is 11.6 Å². The third kappa shape index (κ3) is 3.25. The van der Waals surface area contributed by atoms with Crippen molar-refractivity contribution in [2.75, 3.05) is 25.3 Å². The lowest BCUT2D eigenvalue weighted by Gasteiger charge is -2.13. The zero-order valence-corrected chi connectivity index (χ0v) is 12.3. The van der Waals surface area contributed by atoms with Gasteiger partial charge in [-0.05, 0) is 25.1 Å². The molecule has 0 saturated heterocycles. The third-order valence-corrected chi connectivity index (χ3v) is 3.13. The van der Waals surface area contributed by atoms with E-state index in [9.17, 15) is 4.79 Å². The second-order valence-electron chi connectivity index (χ2n) is 4.61. The molecule has 5 nitrogen and oxygen atoms in total. The number of ether oxygens (including phenoxy) is 2. The number of hydrogen-bond donors (Lipinski definition) is 2. The van der Waals surface area contributed by atoms with Crippen molar-refractivity contribution in [1.29, 1.82) is 0 Å². The molecule has 0 aliphatic carbocycles. The monoisotopic (exact) mass is 286 g/mol. The van der Waals surface area contributed by atoms with Crippen LogP contribution in [-0.2, 0) is 0 Å². The van der Waals surface area contributed by atoms with Crippen molar-refractivity contribution in [3.63, 3.8) is 0 Å². The first-order valence-corrected chi connectivity index (χ1v) is 6.44. The minimum absolute atomic E-state index is 0.280. The van der Waals surface area contributed by atoms with Crippen LogP contribution in [0.1, 0.15) is 15.9 Å². The van der Waals surface area contributed by atoms with Crippen molar-refractivity contribution >= 4 is 17.3 Å². The van der Waals surface area contributed by atoms with Gasteiger partial charge < -0.3 is 20.5 Å². The molecule has 2 aromatic rings. The SMILES string of the molecule is COc1cc(OC)c(N)c(C(=O)Nc2ccc(C)cc2)c1. The summed E-state index contributed by atoms with van der Waals surface area (Å²) in [6.45, 7) is 1.98. The van der Waals surface area contributed by atoms with Gasteiger partial charge in [-0.3, -0.25) is 4.79 Å². The Kier molecular flexibility index (Phi) is 4.33. The largest absolute Gasteiger partial charge is 0.497 e. The summed E-state index contributed by atoms with van der Waals surface area (Å²) in [4.78, 5) is 12.4. The van der Waals surface area contributed by atoms with Gasteiger partial charge in [0, 0.05) is 11.8 Å². The summed E-state index contributed by atoms with van der Waals surface area (Å²) in [6.07, 6.45) is 0. The highest BCUT2D eigenvalue weighted by molar-refractivity contribution is 6.08. The van der Waals surface area contributed by atoms with E-state index < -0.39 is 0 Å². The molecule has 0 heterocycles. The standard InChI is InChI=1S/C16H18N2O3/c1-10-4-6-11(7-5-10)18-16(19)13-8-12(20-2)9-14(21-3)15(13)17/h4-9H,17H2,1-3H3,(H,18,19). The van der Waals surface area contributed by atoms with Gasteiger partial charge in [-0.2, -0.15) is 0 Å². The Morgan fingerprint density at radius 2 is 1.76 bits per heavy atom. The summed E-state index contributed by atoms with van der Waals surface area (Å²) in [5.74, 6) is 0.604. The molecule has 0 aromatic heterocycles. The fourth-order valence-electron chi connectivity index (χ4n) is 1.91. The minimum Gasteiger partial charge on any atom is -0.497 e. The Labute approximate surface area is 123 Å². The molecule has 0 aliphatic heterocycles. The molecule has 21 heavy (non-hydrogen) atoms. The molecule has 0 aliphatic rings. The Morgan fingerprint density at radius 1 is 1.10 bits per heavy atom.